The molecular formula is C73H126O6. The molecule has 0 aliphatic heterocycles. The molecule has 0 aliphatic carbocycles. The molecule has 79 heavy (non-hydrogen) atoms. The second-order valence-corrected chi connectivity index (χ2v) is 22.4. The van der Waals surface area contributed by atoms with E-state index in [1.165, 1.54) is 199 Å². The smallest absolute Gasteiger partial charge is 0.310 e. The van der Waals surface area contributed by atoms with E-state index in [1.807, 2.05) is 6.08 Å². The Labute approximate surface area is 489 Å². The van der Waals surface area contributed by atoms with Crippen LogP contribution in [0.2, 0.25) is 0 Å². The molecule has 0 aromatic rings. The summed E-state index contributed by atoms with van der Waals surface area (Å²) in [4.78, 5) is 38.2. The lowest BCUT2D eigenvalue weighted by molar-refractivity contribution is -0.166. The maximum Gasteiger partial charge on any atom is 0.310 e. The number of unbranched alkanes of at least 4 members (excludes halogenated alkanes) is 35. The van der Waals surface area contributed by atoms with Gasteiger partial charge in [-0.2, -0.15) is 0 Å². The van der Waals surface area contributed by atoms with Gasteiger partial charge < -0.3 is 14.2 Å². The van der Waals surface area contributed by atoms with E-state index in [-0.39, 0.29) is 31.6 Å². The first-order chi connectivity index (χ1) is 39.0. The molecule has 0 saturated carbocycles. The Balaban J connectivity index is 4.25. The van der Waals surface area contributed by atoms with Crippen molar-refractivity contribution in [3.05, 3.63) is 97.2 Å². The third kappa shape index (κ3) is 65.0. The summed E-state index contributed by atoms with van der Waals surface area (Å²) in [6.45, 7) is 6.45. The second kappa shape index (κ2) is 66.8. The molecule has 0 N–H and O–H groups in total. The first-order valence-corrected chi connectivity index (χ1v) is 33.7. The molecule has 0 saturated heterocycles. The number of ether oxygens (including phenoxy) is 3. The standard InChI is InChI=1S/C73H126O6/c1-4-7-10-13-16-19-22-25-28-29-30-31-32-33-34-35-36-37-38-39-40-41-42-43-46-48-51-54-57-60-63-66-72(75)78-69-70(79-73(76)67-64-61-58-55-52-49-45-27-24-21-18-15-12-9-6-3)68-77-71(74)65-62-59-56-53-50-47-44-26-23-20-17-14-11-8-5-2/h9,12,18,21-22,25-27,29-30,44-45,52,55,61,64,70H,4-8,10-11,13-17,19-20,23-24,28,31-43,46-51,53-54,56-60,62-63,65-69H2,1-3H3/b12-9-,21-18-,25-22-,30-29-,44-26-,45-27-,55-52-,64-61-. The first-order valence-electron chi connectivity index (χ1n) is 33.7. The lowest BCUT2D eigenvalue weighted by Crippen LogP contribution is -2.30. The van der Waals surface area contributed by atoms with E-state index < -0.39 is 12.1 Å². The normalized spacial score (nSPS) is 12.7. The molecule has 0 aromatic heterocycles. The molecule has 1 atom stereocenters. The van der Waals surface area contributed by atoms with Crippen LogP contribution in [0.1, 0.15) is 329 Å². The van der Waals surface area contributed by atoms with Crippen molar-refractivity contribution in [2.75, 3.05) is 13.2 Å². The summed E-state index contributed by atoms with van der Waals surface area (Å²) in [5.41, 5.74) is 0. The molecule has 0 amide bonds. The van der Waals surface area contributed by atoms with Gasteiger partial charge in [-0.05, 0) is 103 Å². The Morgan fingerprint density at radius 1 is 0.278 bits per heavy atom. The molecule has 6 nitrogen and oxygen atoms in total. The topological polar surface area (TPSA) is 78.9 Å². The number of carbonyl (C=O) groups excluding carboxylic acids is 3. The van der Waals surface area contributed by atoms with Gasteiger partial charge in [-0.3, -0.25) is 14.4 Å². The maximum atomic E-state index is 12.8. The molecule has 0 bridgehead atoms. The van der Waals surface area contributed by atoms with Gasteiger partial charge in [0.2, 0.25) is 0 Å². The minimum atomic E-state index is -0.835. The molecule has 454 valence electrons. The van der Waals surface area contributed by atoms with Crippen molar-refractivity contribution in [3.8, 4) is 0 Å². The monoisotopic (exact) mass is 1100 g/mol. The van der Waals surface area contributed by atoms with Gasteiger partial charge in [-0.15, -0.1) is 0 Å². The molecule has 0 radical (unpaired) electrons. The quantitative estimate of drug-likeness (QED) is 0.0261. The summed E-state index contributed by atoms with van der Waals surface area (Å²) in [7, 11) is 0. The molecule has 0 rings (SSSR count). The van der Waals surface area contributed by atoms with E-state index in [9.17, 15) is 14.4 Å². The van der Waals surface area contributed by atoms with Gasteiger partial charge in [0.05, 0.1) is 6.42 Å². The molecule has 0 aliphatic rings. The molecule has 0 heterocycles. The third-order valence-corrected chi connectivity index (χ3v) is 14.6. The fourth-order valence-corrected chi connectivity index (χ4v) is 9.55. The average Bonchev–Trinajstić information content (AvgIpc) is 3.45. The fraction of sp³-hybridized carbons (Fsp3) is 0.740. The highest BCUT2D eigenvalue weighted by molar-refractivity contribution is 5.72. The number of hydrogen-bond donors (Lipinski definition) is 0. The van der Waals surface area contributed by atoms with Crippen LogP contribution in [-0.4, -0.2) is 37.2 Å². The lowest BCUT2D eigenvalue weighted by Gasteiger charge is -2.18. The fourth-order valence-electron chi connectivity index (χ4n) is 9.55. The summed E-state index contributed by atoms with van der Waals surface area (Å²) in [6, 6.07) is 0. The number of esters is 3. The van der Waals surface area contributed by atoms with Gasteiger partial charge in [-0.25, -0.2) is 0 Å². The SMILES string of the molecule is CC/C=C\C/C=C\C/C=C\C/C=C\C/C=C\CC(=O)OC(COC(=O)CCCCCCC/C=C\CCCCCCCC)COC(=O)CCCCCCCCCCCCCCCCCCCCC/C=C\C/C=C\CCCCCCC. The van der Waals surface area contributed by atoms with Crippen LogP contribution >= 0.6 is 0 Å². The van der Waals surface area contributed by atoms with Crippen molar-refractivity contribution in [1.82, 2.24) is 0 Å². The van der Waals surface area contributed by atoms with Gasteiger partial charge in [0, 0.05) is 12.8 Å². The minimum Gasteiger partial charge on any atom is -0.462 e. The van der Waals surface area contributed by atoms with E-state index in [4.69, 9.17) is 14.2 Å². The number of carbonyl (C=O) groups is 3. The lowest BCUT2D eigenvalue weighted by atomic mass is 10.0. The molecular weight excluding hydrogens is 973 g/mol. The second-order valence-electron chi connectivity index (χ2n) is 22.4. The van der Waals surface area contributed by atoms with Crippen LogP contribution < -0.4 is 0 Å². The zero-order valence-electron chi connectivity index (χ0n) is 52.1. The Kier molecular flexibility index (Phi) is 63.7. The van der Waals surface area contributed by atoms with Gasteiger partial charge in [-0.1, -0.05) is 304 Å². The molecule has 6 heteroatoms. The Morgan fingerprint density at radius 2 is 0.532 bits per heavy atom. The molecule has 1 unspecified atom stereocenters. The van der Waals surface area contributed by atoms with Gasteiger partial charge in [0.1, 0.15) is 13.2 Å². The van der Waals surface area contributed by atoms with Crippen molar-refractivity contribution in [3.63, 3.8) is 0 Å². The van der Waals surface area contributed by atoms with Crippen LogP contribution in [0, 0.1) is 0 Å². The number of rotatable bonds is 61. The average molecular weight is 1100 g/mol. The first kappa shape index (κ1) is 75.3. The zero-order valence-corrected chi connectivity index (χ0v) is 52.1. The van der Waals surface area contributed by atoms with Gasteiger partial charge >= 0.3 is 17.9 Å². The van der Waals surface area contributed by atoms with E-state index in [2.05, 4.69) is 106 Å². The predicted molar refractivity (Wildman–Crippen MR) is 344 cm³/mol. The van der Waals surface area contributed by atoms with E-state index in [0.717, 1.165) is 89.9 Å². The Bertz CT molecular complexity index is 1540. The van der Waals surface area contributed by atoms with E-state index in [1.54, 1.807) is 6.08 Å². The van der Waals surface area contributed by atoms with Crippen LogP contribution in [0.4, 0.5) is 0 Å². The highest BCUT2D eigenvalue weighted by Crippen LogP contribution is 2.17. The summed E-state index contributed by atoms with van der Waals surface area (Å²) >= 11 is 0. The minimum absolute atomic E-state index is 0.0956. The number of allylic oxidation sites excluding steroid dienone is 15. The zero-order chi connectivity index (χ0) is 57.1. The highest BCUT2D eigenvalue weighted by atomic mass is 16.6. The summed E-state index contributed by atoms with van der Waals surface area (Å²) in [6.07, 6.45) is 90.4. The van der Waals surface area contributed by atoms with E-state index >= 15 is 0 Å². The van der Waals surface area contributed by atoms with Gasteiger partial charge in [0.15, 0.2) is 6.10 Å². The third-order valence-electron chi connectivity index (χ3n) is 14.6. The van der Waals surface area contributed by atoms with Crippen molar-refractivity contribution in [2.24, 2.45) is 0 Å². The van der Waals surface area contributed by atoms with Crippen molar-refractivity contribution in [2.45, 2.75) is 335 Å². The van der Waals surface area contributed by atoms with Gasteiger partial charge in [0.25, 0.3) is 0 Å². The van der Waals surface area contributed by atoms with Crippen LogP contribution in [-0.2, 0) is 28.6 Å². The van der Waals surface area contributed by atoms with Crippen molar-refractivity contribution < 1.29 is 28.6 Å². The van der Waals surface area contributed by atoms with Crippen LogP contribution in [0.25, 0.3) is 0 Å². The predicted octanol–water partition coefficient (Wildman–Crippen LogP) is 23.2. The van der Waals surface area contributed by atoms with Crippen LogP contribution in [0.15, 0.2) is 97.2 Å². The number of hydrogen-bond acceptors (Lipinski definition) is 6. The maximum absolute atomic E-state index is 12.8. The van der Waals surface area contributed by atoms with Crippen LogP contribution in [0.5, 0.6) is 0 Å². The van der Waals surface area contributed by atoms with Crippen molar-refractivity contribution in [1.29, 1.82) is 0 Å². The molecule has 0 fully saturated rings. The van der Waals surface area contributed by atoms with Crippen LogP contribution in [0.3, 0.4) is 0 Å². The molecule has 0 aromatic carbocycles. The summed E-state index contributed by atoms with van der Waals surface area (Å²) in [5, 5.41) is 0. The summed E-state index contributed by atoms with van der Waals surface area (Å²) < 4.78 is 16.8. The highest BCUT2D eigenvalue weighted by Gasteiger charge is 2.19. The van der Waals surface area contributed by atoms with E-state index in [0.29, 0.717) is 12.8 Å². The molecule has 0 spiro atoms. The Hall–Kier alpha value is -3.67. The van der Waals surface area contributed by atoms with Crippen molar-refractivity contribution >= 4 is 17.9 Å². The Morgan fingerprint density at radius 3 is 0.848 bits per heavy atom. The summed E-state index contributed by atoms with van der Waals surface area (Å²) in [5.74, 6) is -1.04. The largest absolute Gasteiger partial charge is 0.462 e.